The summed E-state index contributed by atoms with van der Waals surface area (Å²) in [5.41, 5.74) is 4.39. The minimum atomic E-state index is 0.461. The van der Waals surface area contributed by atoms with Crippen LogP contribution in [-0.2, 0) is 17.8 Å². The van der Waals surface area contributed by atoms with E-state index < -0.39 is 0 Å². The monoisotopic (exact) mass is 292 g/mol. The number of aryl methyl sites for hydroxylation is 1. The van der Waals surface area contributed by atoms with Crippen LogP contribution in [0.5, 0.6) is 0 Å². The van der Waals surface area contributed by atoms with E-state index in [1.807, 2.05) is 18.5 Å². The predicted molar refractivity (Wildman–Crippen MR) is 76.4 cm³/mol. The summed E-state index contributed by atoms with van der Waals surface area (Å²) in [6.45, 7) is 3.10. The molecule has 2 aromatic rings. The number of aromatic nitrogens is 1. The number of ether oxygens (including phenoxy) is 1. The van der Waals surface area contributed by atoms with Crippen molar-refractivity contribution in [2.75, 3.05) is 6.61 Å². The van der Waals surface area contributed by atoms with Crippen molar-refractivity contribution in [3.63, 3.8) is 0 Å². The maximum atomic E-state index is 8.75. The molecule has 0 N–H and O–H groups in total. The van der Waals surface area contributed by atoms with Crippen LogP contribution < -0.4 is 0 Å². The molecule has 0 unspecified atom stereocenters. The summed E-state index contributed by atoms with van der Waals surface area (Å²) in [6.07, 6.45) is 0.865. The van der Waals surface area contributed by atoms with Crippen LogP contribution in [0.4, 0.5) is 0 Å². The van der Waals surface area contributed by atoms with Gasteiger partial charge in [-0.15, -0.1) is 11.3 Å². The molecule has 3 nitrogen and oxygen atoms in total. The Morgan fingerprint density at radius 2 is 2.32 bits per heavy atom. The number of benzene rings is 1. The van der Waals surface area contributed by atoms with Crippen molar-refractivity contribution in [3.05, 3.63) is 50.4 Å². The van der Waals surface area contributed by atoms with Gasteiger partial charge in [0.25, 0.3) is 0 Å². The van der Waals surface area contributed by atoms with Gasteiger partial charge in [-0.25, -0.2) is 4.98 Å². The molecule has 0 bridgehead atoms. The zero-order chi connectivity index (χ0) is 13.7. The predicted octanol–water partition coefficient (Wildman–Crippen LogP) is 3.74. The lowest BCUT2D eigenvalue weighted by Gasteiger charge is -2.06. The van der Waals surface area contributed by atoms with Crippen molar-refractivity contribution in [2.24, 2.45) is 0 Å². The third kappa shape index (κ3) is 3.77. The van der Waals surface area contributed by atoms with Gasteiger partial charge in [0, 0.05) is 16.3 Å². The van der Waals surface area contributed by atoms with Crippen molar-refractivity contribution in [1.29, 1.82) is 5.26 Å². The molecule has 0 saturated carbocycles. The third-order valence-corrected chi connectivity index (χ3v) is 4.10. The Hall–Kier alpha value is -1.41. The average molecular weight is 293 g/mol. The quantitative estimate of drug-likeness (QED) is 0.789. The Morgan fingerprint density at radius 1 is 1.47 bits per heavy atom. The standard InChI is InChI=1S/C14H13ClN2OS/c1-10-14(19-9-17-10)4-5-18-8-12-3-2-11(7-16)6-13(12)15/h2-3,6,9H,4-5,8H2,1H3. The summed E-state index contributed by atoms with van der Waals surface area (Å²) in [5.74, 6) is 0. The molecule has 0 aliphatic carbocycles. The Morgan fingerprint density at radius 3 is 2.95 bits per heavy atom. The van der Waals surface area contributed by atoms with Crippen molar-refractivity contribution < 1.29 is 4.74 Å². The Bertz CT molecular complexity index is 604. The summed E-state index contributed by atoms with van der Waals surface area (Å²) in [4.78, 5) is 5.45. The fourth-order valence-electron chi connectivity index (χ4n) is 1.65. The maximum absolute atomic E-state index is 8.75. The van der Waals surface area contributed by atoms with Gasteiger partial charge < -0.3 is 4.74 Å². The molecular formula is C14H13ClN2OS. The minimum absolute atomic E-state index is 0.461. The SMILES string of the molecule is Cc1ncsc1CCOCc1ccc(C#N)cc1Cl. The summed E-state index contributed by atoms with van der Waals surface area (Å²) in [5, 5.41) is 9.33. The Kier molecular flexibility index (Phi) is 4.92. The number of thiazole rings is 1. The smallest absolute Gasteiger partial charge is 0.0992 e. The van der Waals surface area contributed by atoms with Crippen molar-refractivity contribution in [2.45, 2.75) is 20.0 Å². The highest BCUT2D eigenvalue weighted by molar-refractivity contribution is 7.09. The molecule has 0 radical (unpaired) electrons. The van der Waals surface area contributed by atoms with Gasteiger partial charge in [-0.2, -0.15) is 5.26 Å². The second-order valence-corrected chi connectivity index (χ2v) is 5.43. The first-order valence-electron chi connectivity index (χ1n) is 5.86. The summed E-state index contributed by atoms with van der Waals surface area (Å²) in [6, 6.07) is 7.30. The first kappa shape index (κ1) is 14.0. The van der Waals surface area contributed by atoms with Gasteiger partial charge >= 0.3 is 0 Å². The molecular weight excluding hydrogens is 280 g/mol. The number of halogens is 1. The number of nitriles is 1. The van der Waals surface area contributed by atoms with E-state index >= 15 is 0 Å². The molecule has 0 amide bonds. The molecule has 1 heterocycles. The minimum Gasteiger partial charge on any atom is -0.376 e. The van der Waals surface area contributed by atoms with Crippen molar-refractivity contribution >= 4 is 22.9 Å². The fourth-order valence-corrected chi connectivity index (χ4v) is 2.64. The third-order valence-electron chi connectivity index (χ3n) is 2.76. The number of rotatable bonds is 5. The second-order valence-electron chi connectivity index (χ2n) is 4.08. The molecule has 0 saturated heterocycles. The normalized spacial score (nSPS) is 10.4. The highest BCUT2D eigenvalue weighted by Gasteiger charge is 2.04. The van der Waals surface area contributed by atoms with Crippen LogP contribution in [-0.4, -0.2) is 11.6 Å². The van der Waals surface area contributed by atoms with E-state index in [0.717, 1.165) is 17.7 Å². The van der Waals surface area contributed by atoms with Gasteiger partial charge in [-0.3, -0.25) is 0 Å². The number of hydrogen-bond donors (Lipinski definition) is 0. The van der Waals surface area contributed by atoms with E-state index in [4.69, 9.17) is 21.6 Å². The fraction of sp³-hybridized carbons (Fsp3) is 0.286. The molecule has 19 heavy (non-hydrogen) atoms. The highest BCUT2D eigenvalue weighted by atomic mass is 35.5. The topological polar surface area (TPSA) is 45.9 Å². The van der Waals surface area contributed by atoms with Gasteiger partial charge in [-0.1, -0.05) is 17.7 Å². The lowest BCUT2D eigenvalue weighted by atomic mass is 10.1. The second kappa shape index (κ2) is 6.67. The van der Waals surface area contributed by atoms with Gasteiger partial charge in [0.05, 0.1) is 36.1 Å². The molecule has 1 aromatic carbocycles. The van der Waals surface area contributed by atoms with Crippen LogP contribution in [0.2, 0.25) is 5.02 Å². The van der Waals surface area contributed by atoms with E-state index in [1.54, 1.807) is 23.5 Å². The van der Waals surface area contributed by atoms with Crippen LogP contribution in [0.25, 0.3) is 0 Å². The summed E-state index contributed by atoms with van der Waals surface area (Å²) >= 11 is 7.72. The first-order chi connectivity index (χ1) is 9.20. The van der Waals surface area contributed by atoms with Crippen LogP contribution >= 0.6 is 22.9 Å². The first-order valence-corrected chi connectivity index (χ1v) is 7.11. The largest absolute Gasteiger partial charge is 0.376 e. The van der Waals surface area contributed by atoms with Crippen LogP contribution in [0, 0.1) is 18.3 Å². The Labute approximate surface area is 121 Å². The van der Waals surface area contributed by atoms with Crippen molar-refractivity contribution in [1.82, 2.24) is 4.98 Å². The van der Waals surface area contributed by atoms with Crippen LogP contribution in [0.1, 0.15) is 21.7 Å². The highest BCUT2D eigenvalue weighted by Crippen LogP contribution is 2.19. The van der Waals surface area contributed by atoms with E-state index in [0.29, 0.717) is 23.8 Å². The van der Waals surface area contributed by atoms with Gasteiger partial charge in [-0.05, 0) is 24.6 Å². The molecule has 0 spiro atoms. The molecule has 5 heteroatoms. The molecule has 0 aliphatic rings. The molecule has 98 valence electrons. The zero-order valence-corrected chi connectivity index (χ0v) is 12.1. The maximum Gasteiger partial charge on any atom is 0.0992 e. The summed E-state index contributed by atoms with van der Waals surface area (Å²) < 4.78 is 5.61. The summed E-state index contributed by atoms with van der Waals surface area (Å²) in [7, 11) is 0. The van der Waals surface area contributed by atoms with E-state index in [1.165, 1.54) is 4.88 Å². The van der Waals surface area contributed by atoms with E-state index in [2.05, 4.69) is 11.1 Å². The Balaban J connectivity index is 1.83. The van der Waals surface area contributed by atoms with Crippen LogP contribution in [0.15, 0.2) is 23.7 Å². The average Bonchev–Trinajstić information content (AvgIpc) is 2.81. The number of hydrogen-bond acceptors (Lipinski definition) is 4. The molecule has 1 aromatic heterocycles. The van der Waals surface area contributed by atoms with Gasteiger partial charge in [0.15, 0.2) is 0 Å². The molecule has 0 aliphatic heterocycles. The van der Waals surface area contributed by atoms with E-state index in [-0.39, 0.29) is 0 Å². The lowest BCUT2D eigenvalue weighted by molar-refractivity contribution is 0.124. The molecule has 2 rings (SSSR count). The number of nitrogens with zero attached hydrogens (tertiary/aromatic N) is 2. The van der Waals surface area contributed by atoms with Crippen LogP contribution in [0.3, 0.4) is 0 Å². The van der Waals surface area contributed by atoms with E-state index in [9.17, 15) is 0 Å². The van der Waals surface area contributed by atoms with Gasteiger partial charge in [0.1, 0.15) is 0 Å². The molecule has 0 atom stereocenters. The molecule has 0 fully saturated rings. The lowest BCUT2D eigenvalue weighted by Crippen LogP contribution is -1.99. The van der Waals surface area contributed by atoms with Gasteiger partial charge in [0.2, 0.25) is 0 Å². The zero-order valence-electron chi connectivity index (χ0n) is 10.5. The van der Waals surface area contributed by atoms with Crippen molar-refractivity contribution in [3.8, 4) is 6.07 Å².